The van der Waals surface area contributed by atoms with Crippen LogP contribution in [0.15, 0.2) is 121 Å². The molecule has 2 aliphatic carbocycles. The van der Waals surface area contributed by atoms with Crippen LogP contribution in [0.4, 0.5) is 0 Å². The summed E-state index contributed by atoms with van der Waals surface area (Å²) in [6.45, 7) is 2.19. The van der Waals surface area contributed by atoms with Crippen molar-refractivity contribution < 1.29 is 0 Å². The molecule has 0 atom stereocenters. The van der Waals surface area contributed by atoms with E-state index in [-0.39, 0.29) is 0 Å². The molecule has 1 aromatic heterocycles. The fourth-order valence-corrected chi connectivity index (χ4v) is 6.81. The molecule has 6 aromatic rings. The maximum absolute atomic E-state index is 5.17. The third-order valence-electron chi connectivity index (χ3n) is 8.77. The summed E-state index contributed by atoms with van der Waals surface area (Å²) in [6, 6.07) is 35.8. The highest BCUT2D eigenvalue weighted by Gasteiger charge is 2.22. The van der Waals surface area contributed by atoms with Gasteiger partial charge in [0.15, 0.2) is 0 Å². The van der Waals surface area contributed by atoms with Gasteiger partial charge in [-0.25, -0.2) is 4.98 Å². The molecule has 2 heteroatoms. The Labute approximate surface area is 247 Å². The van der Waals surface area contributed by atoms with Crippen LogP contribution in [-0.2, 0) is 6.42 Å². The van der Waals surface area contributed by atoms with Crippen LogP contribution in [0.3, 0.4) is 0 Å². The van der Waals surface area contributed by atoms with Gasteiger partial charge >= 0.3 is 0 Å². The lowest BCUT2D eigenvalue weighted by Gasteiger charge is -2.19. The minimum absolute atomic E-state index is 0.998. The molecule has 8 rings (SSSR count). The van der Waals surface area contributed by atoms with Gasteiger partial charge in [-0.15, -0.1) is 0 Å². The normalized spacial score (nSPS) is 14.4. The molecule has 0 N–H and O–H groups in total. The summed E-state index contributed by atoms with van der Waals surface area (Å²) in [4.78, 5) is 5.17. The SMILES string of the molecule is Cc1ccc2c(-c3ccccc3)c3ccccc3c(-c3ccc(-n4c(C5=CC=CCC5)nc5c4C=CCC5)cc3)c2c1. The molecular weight excluding hydrogens is 508 g/mol. The van der Waals surface area contributed by atoms with E-state index in [4.69, 9.17) is 4.98 Å². The molecule has 2 aliphatic rings. The average Bonchev–Trinajstić information content (AvgIpc) is 3.44. The van der Waals surface area contributed by atoms with E-state index in [0.29, 0.717) is 0 Å². The van der Waals surface area contributed by atoms with Gasteiger partial charge in [0.25, 0.3) is 0 Å². The minimum atomic E-state index is 0.998. The Morgan fingerprint density at radius 1 is 0.643 bits per heavy atom. The summed E-state index contributed by atoms with van der Waals surface area (Å²) < 4.78 is 2.37. The highest BCUT2D eigenvalue weighted by molar-refractivity contribution is 6.21. The predicted octanol–water partition coefficient (Wildman–Crippen LogP) is 10.5. The number of hydrogen-bond acceptors (Lipinski definition) is 1. The van der Waals surface area contributed by atoms with Gasteiger partial charge in [0, 0.05) is 5.69 Å². The number of fused-ring (bicyclic) bond motifs is 3. The van der Waals surface area contributed by atoms with Crippen molar-refractivity contribution in [3.05, 3.63) is 144 Å². The molecule has 0 aliphatic heterocycles. The van der Waals surface area contributed by atoms with Crippen LogP contribution < -0.4 is 0 Å². The number of imidazole rings is 1. The number of nitrogens with zero attached hydrogens (tertiary/aromatic N) is 2. The number of benzene rings is 5. The summed E-state index contributed by atoms with van der Waals surface area (Å²) >= 11 is 0. The van der Waals surface area contributed by atoms with Crippen LogP contribution in [0.25, 0.3) is 61.1 Å². The fourth-order valence-electron chi connectivity index (χ4n) is 6.81. The second-order valence-corrected chi connectivity index (χ2v) is 11.5. The number of rotatable bonds is 4. The van der Waals surface area contributed by atoms with E-state index >= 15 is 0 Å². The van der Waals surface area contributed by atoms with Crippen LogP contribution in [0.2, 0.25) is 0 Å². The summed E-state index contributed by atoms with van der Waals surface area (Å²) in [5.74, 6) is 1.09. The quantitative estimate of drug-likeness (QED) is 0.203. The predicted molar refractivity (Wildman–Crippen MR) is 178 cm³/mol. The van der Waals surface area contributed by atoms with Crippen LogP contribution in [0, 0.1) is 6.92 Å². The lowest BCUT2D eigenvalue weighted by Crippen LogP contribution is -2.04. The summed E-state index contributed by atoms with van der Waals surface area (Å²) in [5, 5.41) is 5.15. The number of allylic oxidation sites excluding steroid dienone is 5. The van der Waals surface area contributed by atoms with Crippen molar-refractivity contribution in [3.8, 4) is 27.9 Å². The molecular formula is C40H32N2. The first-order valence-corrected chi connectivity index (χ1v) is 15.0. The molecule has 0 saturated carbocycles. The maximum atomic E-state index is 5.17. The molecule has 202 valence electrons. The summed E-state index contributed by atoms with van der Waals surface area (Å²) in [6.07, 6.45) is 15.3. The van der Waals surface area contributed by atoms with Crippen molar-refractivity contribution in [1.82, 2.24) is 9.55 Å². The Bertz CT molecular complexity index is 2070. The van der Waals surface area contributed by atoms with Crippen molar-refractivity contribution in [2.75, 3.05) is 0 Å². The molecule has 0 saturated heterocycles. The molecule has 2 nitrogen and oxygen atoms in total. The Balaban J connectivity index is 1.34. The third kappa shape index (κ3) is 4.06. The van der Waals surface area contributed by atoms with Gasteiger partial charge in [-0.05, 0) is 100 Å². The second-order valence-electron chi connectivity index (χ2n) is 11.5. The zero-order valence-electron chi connectivity index (χ0n) is 23.8. The first-order chi connectivity index (χ1) is 20.8. The van der Waals surface area contributed by atoms with E-state index in [0.717, 1.165) is 37.2 Å². The third-order valence-corrected chi connectivity index (χ3v) is 8.77. The lowest BCUT2D eigenvalue weighted by molar-refractivity contribution is 0.936. The van der Waals surface area contributed by atoms with Crippen molar-refractivity contribution in [2.45, 2.75) is 32.6 Å². The highest BCUT2D eigenvalue weighted by Crippen LogP contribution is 2.44. The first kappa shape index (κ1) is 24.8. The van der Waals surface area contributed by atoms with Crippen LogP contribution in [0.1, 0.15) is 42.0 Å². The van der Waals surface area contributed by atoms with Crippen molar-refractivity contribution in [3.63, 3.8) is 0 Å². The van der Waals surface area contributed by atoms with Gasteiger partial charge in [-0.1, -0.05) is 115 Å². The maximum Gasteiger partial charge on any atom is 0.141 e. The van der Waals surface area contributed by atoms with Gasteiger partial charge in [0.2, 0.25) is 0 Å². The molecule has 0 spiro atoms. The molecule has 0 unspecified atom stereocenters. The van der Waals surface area contributed by atoms with Gasteiger partial charge in [-0.3, -0.25) is 4.57 Å². The molecule has 5 aromatic carbocycles. The fraction of sp³-hybridized carbons (Fsp3) is 0.125. The van der Waals surface area contributed by atoms with Crippen LogP contribution in [0.5, 0.6) is 0 Å². The Hall–Kier alpha value is -4.95. The van der Waals surface area contributed by atoms with E-state index in [1.54, 1.807) is 0 Å². The summed E-state index contributed by atoms with van der Waals surface area (Å²) in [5.41, 5.74) is 11.3. The highest BCUT2D eigenvalue weighted by atomic mass is 15.1. The molecule has 0 bridgehead atoms. The largest absolute Gasteiger partial charge is 0.293 e. The van der Waals surface area contributed by atoms with E-state index in [1.807, 2.05) is 0 Å². The first-order valence-electron chi connectivity index (χ1n) is 15.0. The van der Waals surface area contributed by atoms with Gasteiger partial charge < -0.3 is 0 Å². The molecule has 42 heavy (non-hydrogen) atoms. The van der Waals surface area contributed by atoms with E-state index in [1.165, 1.54) is 66.3 Å². The van der Waals surface area contributed by atoms with E-state index in [2.05, 4.69) is 139 Å². The Kier molecular flexibility index (Phi) is 6.00. The van der Waals surface area contributed by atoms with Crippen molar-refractivity contribution >= 4 is 33.2 Å². The van der Waals surface area contributed by atoms with Crippen molar-refractivity contribution in [2.24, 2.45) is 0 Å². The average molecular weight is 541 g/mol. The van der Waals surface area contributed by atoms with E-state index < -0.39 is 0 Å². The van der Waals surface area contributed by atoms with Gasteiger partial charge in [0.1, 0.15) is 5.82 Å². The van der Waals surface area contributed by atoms with Gasteiger partial charge in [-0.2, -0.15) is 0 Å². The Morgan fingerprint density at radius 2 is 1.33 bits per heavy atom. The topological polar surface area (TPSA) is 17.8 Å². The van der Waals surface area contributed by atoms with E-state index in [9.17, 15) is 0 Å². The second kappa shape index (κ2) is 10.2. The minimum Gasteiger partial charge on any atom is -0.293 e. The Morgan fingerprint density at radius 3 is 2.10 bits per heavy atom. The summed E-state index contributed by atoms with van der Waals surface area (Å²) in [7, 11) is 0. The molecule has 0 fully saturated rings. The zero-order chi connectivity index (χ0) is 28.0. The van der Waals surface area contributed by atoms with Crippen LogP contribution >= 0.6 is 0 Å². The molecule has 0 amide bonds. The molecule has 0 radical (unpaired) electrons. The zero-order valence-corrected chi connectivity index (χ0v) is 23.8. The van der Waals surface area contributed by atoms with Gasteiger partial charge in [0.05, 0.1) is 11.4 Å². The smallest absolute Gasteiger partial charge is 0.141 e. The number of aromatic nitrogens is 2. The lowest BCUT2D eigenvalue weighted by atomic mass is 9.85. The number of hydrogen-bond donors (Lipinski definition) is 0. The van der Waals surface area contributed by atoms with Crippen molar-refractivity contribution in [1.29, 1.82) is 0 Å². The van der Waals surface area contributed by atoms with Crippen LogP contribution in [-0.4, -0.2) is 9.55 Å². The standard InChI is InChI=1S/C40H32N2/c1-27-20-25-34-35(26-27)39(33-17-9-8-16-32(33)38(34)28-12-4-2-5-13-28)29-21-23-31(24-22-29)42-37-19-11-10-18-36(37)41-40(42)30-14-6-3-7-15-30/h2-6,8-9,11-14,16-17,19-26H,7,10,15,18H2,1H3. The molecule has 1 heterocycles. The monoisotopic (exact) mass is 540 g/mol. The number of aryl methyl sites for hydroxylation is 2.